The lowest BCUT2D eigenvalue weighted by molar-refractivity contribution is -0.123. The van der Waals surface area contributed by atoms with E-state index < -0.39 is 18.0 Å². The molecule has 3 aromatic rings. The van der Waals surface area contributed by atoms with Crippen LogP contribution in [0.3, 0.4) is 0 Å². The number of benzene rings is 2. The quantitative estimate of drug-likeness (QED) is 0.629. The van der Waals surface area contributed by atoms with Crippen molar-refractivity contribution in [2.24, 2.45) is 0 Å². The minimum absolute atomic E-state index is 0.165. The van der Waals surface area contributed by atoms with Gasteiger partial charge in [0.1, 0.15) is 11.4 Å². The molecule has 1 amide bonds. The Bertz CT molecular complexity index is 1170. The fraction of sp³-hybridized carbons (Fsp3) is 0.273. The van der Waals surface area contributed by atoms with Gasteiger partial charge in [-0.1, -0.05) is 12.1 Å². The summed E-state index contributed by atoms with van der Waals surface area (Å²) in [6.07, 6.45) is -1.03. The van der Waals surface area contributed by atoms with Crippen molar-refractivity contribution in [3.05, 3.63) is 64.1 Å². The molecular formula is C22H23N3O5. The molecule has 3 rings (SSSR count). The summed E-state index contributed by atoms with van der Waals surface area (Å²) in [5.41, 5.74) is 2.05. The normalized spacial score (nSPS) is 11.7. The molecule has 8 nitrogen and oxygen atoms in total. The third kappa shape index (κ3) is 4.17. The number of para-hydroxylation sites is 2. The zero-order valence-electron chi connectivity index (χ0n) is 17.3. The van der Waals surface area contributed by atoms with Gasteiger partial charge in [-0.2, -0.15) is 0 Å². The van der Waals surface area contributed by atoms with E-state index in [2.05, 4.69) is 10.3 Å². The van der Waals surface area contributed by atoms with Crippen LogP contribution in [0.5, 0.6) is 5.75 Å². The minimum atomic E-state index is -1.03. The van der Waals surface area contributed by atoms with E-state index in [1.807, 2.05) is 6.92 Å². The van der Waals surface area contributed by atoms with Crippen LogP contribution in [0.15, 0.2) is 47.3 Å². The Morgan fingerprint density at radius 3 is 2.63 bits per heavy atom. The third-order valence-electron chi connectivity index (χ3n) is 4.68. The lowest BCUT2D eigenvalue weighted by Gasteiger charge is -2.15. The highest BCUT2D eigenvalue weighted by atomic mass is 16.5. The molecule has 8 heteroatoms. The van der Waals surface area contributed by atoms with Gasteiger partial charge in [0.25, 0.3) is 11.5 Å². The Labute approximate surface area is 173 Å². The lowest BCUT2D eigenvalue weighted by Crippen LogP contribution is -2.30. The highest BCUT2D eigenvalue weighted by Gasteiger charge is 2.21. The zero-order valence-corrected chi connectivity index (χ0v) is 17.3. The molecule has 0 aliphatic rings. The molecular weight excluding hydrogens is 386 g/mol. The van der Waals surface area contributed by atoms with Crippen molar-refractivity contribution in [3.63, 3.8) is 0 Å². The summed E-state index contributed by atoms with van der Waals surface area (Å²) >= 11 is 0. The highest BCUT2D eigenvalue weighted by Crippen LogP contribution is 2.23. The number of aromatic nitrogens is 2. The van der Waals surface area contributed by atoms with Crippen molar-refractivity contribution in [1.29, 1.82) is 0 Å². The van der Waals surface area contributed by atoms with Crippen LogP contribution < -0.4 is 15.6 Å². The number of aryl methyl sites for hydroxylation is 2. The summed E-state index contributed by atoms with van der Waals surface area (Å²) < 4.78 is 12.1. The van der Waals surface area contributed by atoms with E-state index in [1.165, 1.54) is 14.0 Å². The Hall–Kier alpha value is -3.68. The molecule has 0 saturated heterocycles. The number of rotatable bonds is 6. The number of hydrogen-bond donors (Lipinski definition) is 1. The molecule has 0 unspecified atom stereocenters. The molecule has 30 heavy (non-hydrogen) atoms. The summed E-state index contributed by atoms with van der Waals surface area (Å²) in [6.45, 7) is 5.47. The Kier molecular flexibility index (Phi) is 6.15. The highest BCUT2D eigenvalue weighted by molar-refractivity contribution is 5.99. The van der Waals surface area contributed by atoms with Gasteiger partial charge in [0, 0.05) is 6.54 Å². The molecule has 0 aliphatic carbocycles. The van der Waals surface area contributed by atoms with Gasteiger partial charge in [0.2, 0.25) is 0 Å². The minimum Gasteiger partial charge on any atom is -0.495 e. The van der Waals surface area contributed by atoms with E-state index in [1.54, 1.807) is 54.0 Å². The van der Waals surface area contributed by atoms with Crippen LogP contribution in [-0.4, -0.2) is 34.6 Å². The number of amides is 1. The largest absolute Gasteiger partial charge is 0.495 e. The van der Waals surface area contributed by atoms with E-state index in [-0.39, 0.29) is 11.1 Å². The van der Waals surface area contributed by atoms with Crippen LogP contribution >= 0.6 is 0 Å². The fourth-order valence-electron chi connectivity index (χ4n) is 3.08. The molecule has 156 valence electrons. The average Bonchev–Trinajstić information content (AvgIpc) is 2.74. The standard InChI is InChI=1S/C22H23N3O5/c1-5-25-18-11-10-15(12-17(18)23-13(2)21(25)27)22(28)30-14(3)20(26)24-16-8-6-7-9-19(16)29-4/h6-12,14H,5H2,1-4H3,(H,24,26)/t14-/m0/s1. The van der Waals surface area contributed by atoms with Crippen molar-refractivity contribution in [1.82, 2.24) is 9.55 Å². The van der Waals surface area contributed by atoms with Gasteiger partial charge in [0.05, 0.1) is 29.4 Å². The van der Waals surface area contributed by atoms with Crippen LogP contribution in [-0.2, 0) is 16.1 Å². The molecule has 0 bridgehead atoms. The van der Waals surface area contributed by atoms with Gasteiger partial charge in [-0.25, -0.2) is 9.78 Å². The monoisotopic (exact) mass is 409 g/mol. The van der Waals surface area contributed by atoms with Crippen LogP contribution in [0.1, 0.15) is 29.9 Å². The zero-order chi connectivity index (χ0) is 21.8. The summed E-state index contributed by atoms with van der Waals surface area (Å²) in [5, 5.41) is 2.68. The fourth-order valence-corrected chi connectivity index (χ4v) is 3.08. The number of carbonyl (C=O) groups is 2. The number of carbonyl (C=O) groups excluding carboxylic acids is 2. The molecule has 0 radical (unpaired) electrons. The van der Waals surface area contributed by atoms with Crippen molar-refractivity contribution in [2.75, 3.05) is 12.4 Å². The van der Waals surface area contributed by atoms with Crippen LogP contribution in [0.2, 0.25) is 0 Å². The SMILES string of the molecule is CCn1c(=O)c(C)nc2cc(C(=O)O[C@@H](C)C(=O)Nc3ccccc3OC)ccc21. The molecule has 0 aliphatic heterocycles. The van der Waals surface area contributed by atoms with E-state index in [4.69, 9.17) is 9.47 Å². The van der Waals surface area contributed by atoms with Crippen molar-refractivity contribution in [2.45, 2.75) is 33.4 Å². The Morgan fingerprint density at radius 1 is 1.20 bits per heavy atom. The number of anilines is 1. The number of hydrogen-bond acceptors (Lipinski definition) is 6. The van der Waals surface area contributed by atoms with Gasteiger partial charge in [-0.05, 0) is 51.1 Å². The van der Waals surface area contributed by atoms with Crippen molar-refractivity contribution < 1.29 is 19.1 Å². The first kappa shape index (κ1) is 21.0. The molecule has 2 aromatic carbocycles. The van der Waals surface area contributed by atoms with Gasteiger partial charge in [-0.15, -0.1) is 0 Å². The maximum atomic E-state index is 12.6. The second kappa shape index (κ2) is 8.77. The van der Waals surface area contributed by atoms with Crippen LogP contribution in [0.25, 0.3) is 11.0 Å². The molecule has 1 heterocycles. The molecule has 0 saturated carbocycles. The first-order valence-electron chi connectivity index (χ1n) is 9.51. The number of ether oxygens (including phenoxy) is 2. The summed E-state index contributed by atoms with van der Waals surface area (Å²) in [7, 11) is 1.50. The third-order valence-corrected chi connectivity index (χ3v) is 4.68. The topological polar surface area (TPSA) is 99.5 Å². The first-order valence-corrected chi connectivity index (χ1v) is 9.51. The van der Waals surface area contributed by atoms with Gasteiger partial charge < -0.3 is 19.4 Å². The summed E-state index contributed by atoms with van der Waals surface area (Å²) in [5.74, 6) is -0.641. The van der Waals surface area contributed by atoms with Crippen molar-refractivity contribution >= 4 is 28.6 Å². The van der Waals surface area contributed by atoms with Crippen molar-refractivity contribution in [3.8, 4) is 5.75 Å². The molecule has 1 aromatic heterocycles. The Balaban J connectivity index is 1.78. The maximum absolute atomic E-state index is 12.6. The molecule has 1 N–H and O–H groups in total. The number of nitrogens with zero attached hydrogens (tertiary/aromatic N) is 2. The van der Waals surface area contributed by atoms with Gasteiger partial charge >= 0.3 is 5.97 Å². The van der Waals surface area contributed by atoms with E-state index in [0.29, 0.717) is 34.7 Å². The molecule has 1 atom stereocenters. The van der Waals surface area contributed by atoms with Gasteiger partial charge in [-0.3, -0.25) is 9.59 Å². The number of nitrogens with one attached hydrogen (secondary N) is 1. The Morgan fingerprint density at radius 2 is 1.93 bits per heavy atom. The van der Waals surface area contributed by atoms with Crippen LogP contribution in [0, 0.1) is 6.92 Å². The first-order chi connectivity index (χ1) is 14.3. The smallest absolute Gasteiger partial charge is 0.338 e. The van der Waals surface area contributed by atoms with E-state index >= 15 is 0 Å². The number of fused-ring (bicyclic) bond motifs is 1. The second-order valence-corrected chi connectivity index (χ2v) is 6.69. The molecule has 0 fully saturated rings. The average molecular weight is 409 g/mol. The molecule has 0 spiro atoms. The lowest BCUT2D eigenvalue weighted by atomic mass is 10.2. The predicted molar refractivity (Wildman–Crippen MR) is 113 cm³/mol. The second-order valence-electron chi connectivity index (χ2n) is 6.69. The number of methoxy groups -OCH3 is 1. The van der Waals surface area contributed by atoms with E-state index in [0.717, 1.165) is 0 Å². The predicted octanol–water partition coefficient (Wildman–Crippen LogP) is 2.92. The number of esters is 1. The van der Waals surface area contributed by atoms with Gasteiger partial charge in [0.15, 0.2) is 6.10 Å². The maximum Gasteiger partial charge on any atom is 0.338 e. The summed E-state index contributed by atoms with van der Waals surface area (Å²) in [4.78, 5) is 41.5. The summed E-state index contributed by atoms with van der Waals surface area (Å²) in [6, 6.07) is 11.7. The van der Waals surface area contributed by atoms with E-state index in [9.17, 15) is 14.4 Å². The van der Waals surface area contributed by atoms with Crippen LogP contribution in [0.4, 0.5) is 5.69 Å².